The maximum Gasteiger partial charge on any atom is 0.282 e. The Hall–Kier alpha value is -3.04. The molecule has 1 fully saturated rings. The molecule has 1 amide bonds. The first kappa shape index (κ1) is 16.4. The number of fused-ring (bicyclic) bond motifs is 1. The van der Waals surface area contributed by atoms with Gasteiger partial charge < -0.3 is 9.80 Å². The van der Waals surface area contributed by atoms with E-state index < -0.39 is 18.0 Å². The van der Waals surface area contributed by atoms with E-state index in [4.69, 9.17) is 0 Å². The van der Waals surface area contributed by atoms with Gasteiger partial charge in [0.1, 0.15) is 11.5 Å². The minimum Gasteiger partial charge on any atom is -0.351 e. The van der Waals surface area contributed by atoms with Crippen molar-refractivity contribution in [3.63, 3.8) is 0 Å². The number of hydrogen-bond acceptors (Lipinski definition) is 5. The summed E-state index contributed by atoms with van der Waals surface area (Å²) in [6.45, 7) is 1.17. The van der Waals surface area contributed by atoms with Crippen molar-refractivity contribution in [3.05, 3.63) is 42.0 Å². The van der Waals surface area contributed by atoms with Gasteiger partial charge in [0, 0.05) is 45.8 Å². The predicted octanol–water partition coefficient (Wildman–Crippen LogP) is 1.36. The van der Waals surface area contributed by atoms with E-state index in [1.54, 1.807) is 24.0 Å². The summed E-state index contributed by atoms with van der Waals surface area (Å²) in [5.41, 5.74) is 0.225. The van der Waals surface area contributed by atoms with Gasteiger partial charge in [-0.3, -0.25) is 9.48 Å². The van der Waals surface area contributed by atoms with Gasteiger partial charge in [-0.05, 0) is 12.1 Å². The van der Waals surface area contributed by atoms with Crippen LogP contribution in [0.3, 0.4) is 0 Å². The Kier molecular flexibility index (Phi) is 3.82. The van der Waals surface area contributed by atoms with Crippen LogP contribution < -0.4 is 4.90 Å². The lowest BCUT2D eigenvalue weighted by molar-refractivity contribution is 0.0693. The SMILES string of the molecule is CN(C(=O)c1cn(C)nc1C(F)F)C1CN(c2ccc3nccn3n2)C1. The third-order valence-electron chi connectivity index (χ3n) is 4.59. The Morgan fingerprint density at radius 1 is 1.31 bits per heavy atom. The molecule has 0 saturated carbocycles. The van der Waals surface area contributed by atoms with Crippen LogP contribution in [0.4, 0.5) is 14.6 Å². The molecule has 10 heteroatoms. The second-order valence-corrected chi connectivity index (χ2v) is 6.30. The number of rotatable bonds is 4. The molecule has 0 spiro atoms. The van der Waals surface area contributed by atoms with Crippen molar-refractivity contribution in [1.29, 1.82) is 0 Å². The van der Waals surface area contributed by atoms with Gasteiger partial charge in [-0.1, -0.05) is 0 Å². The summed E-state index contributed by atoms with van der Waals surface area (Å²) < 4.78 is 29.1. The smallest absolute Gasteiger partial charge is 0.282 e. The Morgan fingerprint density at radius 3 is 2.81 bits per heavy atom. The summed E-state index contributed by atoms with van der Waals surface area (Å²) in [5.74, 6) is 0.332. The lowest BCUT2D eigenvalue weighted by atomic mass is 10.1. The number of halogens is 2. The van der Waals surface area contributed by atoms with E-state index in [1.165, 1.54) is 22.8 Å². The number of likely N-dealkylation sites (N-methyl/N-ethyl adjacent to an activating group) is 1. The predicted molar refractivity (Wildman–Crippen MR) is 89.2 cm³/mol. The summed E-state index contributed by atoms with van der Waals surface area (Å²) >= 11 is 0. The van der Waals surface area contributed by atoms with E-state index in [-0.39, 0.29) is 11.6 Å². The van der Waals surface area contributed by atoms with Crippen molar-refractivity contribution in [2.45, 2.75) is 12.5 Å². The molecule has 136 valence electrons. The van der Waals surface area contributed by atoms with Gasteiger partial charge in [-0.15, -0.1) is 5.10 Å². The van der Waals surface area contributed by atoms with Crippen LogP contribution in [-0.4, -0.2) is 61.4 Å². The number of carbonyl (C=O) groups is 1. The van der Waals surface area contributed by atoms with Crippen LogP contribution >= 0.6 is 0 Å². The zero-order valence-corrected chi connectivity index (χ0v) is 14.3. The number of anilines is 1. The van der Waals surface area contributed by atoms with E-state index in [0.717, 1.165) is 11.5 Å². The monoisotopic (exact) mass is 361 g/mol. The van der Waals surface area contributed by atoms with Crippen LogP contribution in [0.1, 0.15) is 22.5 Å². The molecule has 26 heavy (non-hydrogen) atoms. The molecule has 0 aromatic carbocycles. The zero-order valence-electron chi connectivity index (χ0n) is 14.3. The number of amides is 1. The molecule has 3 aromatic heterocycles. The van der Waals surface area contributed by atoms with Crippen molar-refractivity contribution < 1.29 is 13.6 Å². The van der Waals surface area contributed by atoms with Gasteiger partial charge in [0.15, 0.2) is 5.65 Å². The van der Waals surface area contributed by atoms with Gasteiger partial charge in [-0.2, -0.15) is 5.10 Å². The first-order valence-electron chi connectivity index (χ1n) is 8.08. The number of nitrogens with zero attached hydrogens (tertiary/aromatic N) is 7. The van der Waals surface area contributed by atoms with E-state index >= 15 is 0 Å². The molecule has 0 unspecified atom stereocenters. The van der Waals surface area contributed by atoms with Crippen LogP contribution in [0.5, 0.6) is 0 Å². The fourth-order valence-electron chi connectivity index (χ4n) is 3.05. The number of imidazole rings is 1. The Bertz CT molecular complexity index is 961. The van der Waals surface area contributed by atoms with E-state index in [9.17, 15) is 13.6 Å². The normalized spacial score (nSPS) is 14.9. The number of alkyl halides is 2. The fourth-order valence-corrected chi connectivity index (χ4v) is 3.05. The molecule has 4 rings (SSSR count). The molecule has 3 aromatic rings. The summed E-state index contributed by atoms with van der Waals surface area (Å²) in [4.78, 5) is 20.3. The van der Waals surface area contributed by atoms with Gasteiger partial charge in [0.25, 0.3) is 12.3 Å². The molecule has 8 nitrogen and oxygen atoms in total. The van der Waals surface area contributed by atoms with Crippen LogP contribution in [0, 0.1) is 0 Å². The maximum atomic E-state index is 13.1. The molecular formula is C16H17F2N7O. The highest BCUT2D eigenvalue weighted by molar-refractivity contribution is 5.95. The van der Waals surface area contributed by atoms with Crippen LogP contribution in [0.15, 0.2) is 30.7 Å². The van der Waals surface area contributed by atoms with Gasteiger partial charge in [0.05, 0.1) is 11.6 Å². The van der Waals surface area contributed by atoms with Crippen molar-refractivity contribution in [3.8, 4) is 0 Å². The minimum absolute atomic E-state index is 0.0542. The number of hydrogen-bond donors (Lipinski definition) is 0. The van der Waals surface area contributed by atoms with Crippen LogP contribution in [0.25, 0.3) is 5.65 Å². The average molecular weight is 361 g/mol. The highest BCUT2D eigenvalue weighted by Crippen LogP contribution is 2.25. The molecule has 0 radical (unpaired) electrons. The molecule has 4 heterocycles. The summed E-state index contributed by atoms with van der Waals surface area (Å²) in [6, 6.07) is 3.67. The highest BCUT2D eigenvalue weighted by Gasteiger charge is 2.35. The fraction of sp³-hybridized carbons (Fsp3) is 0.375. The molecule has 1 aliphatic heterocycles. The third-order valence-corrected chi connectivity index (χ3v) is 4.59. The van der Waals surface area contributed by atoms with Gasteiger partial charge >= 0.3 is 0 Å². The van der Waals surface area contributed by atoms with Crippen LogP contribution in [-0.2, 0) is 7.05 Å². The van der Waals surface area contributed by atoms with E-state index in [1.807, 2.05) is 17.0 Å². The van der Waals surface area contributed by atoms with E-state index in [2.05, 4.69) is 15.2 Å². The Morgan fingerprint density at radius 2 is 2.08 bits per heavy atom. The molecule has 0 aliphatic carbocycles. The summed E-state index contributed by atoms with van der Waals surface area (Å²) in [6.07, 6.45) is 1.99. The number of aryl methyl sites for hydroxylation is 1. The molecule has 1 saturated heterocycles. The Labute approximate surface area is 147 Å². The highest BCUT2D eigenvalue weighted by atomic mass is 19.3. The average Bonchev–Trinajstić information content (AvgIpc) is 3.18. The quantitative estimate of drug-likeness (QED) is 0.702. The maximum absolute atomic E-state index is 13.1. The molecule has 0 N–H and O–H groups in total. The second kappa shape index (κ2) is 6.04. The van der Waals surface area contributed by atoms with Crippen LogP contribution in [0.2, 0.25) is 0 Å². The standard InChI is InChI=1S/C16H17F2N7O/c1-22-9-11(14(21-22)15(17)18)16(26)23(2)10-7-24(8-10)13-4-3-12-19-5-6-25(12)20-13/h3-6,9-10,15H,7-8H2,1-2H3. The lowest BCUT2D eigenvalue weighted by Crippen LogP contribution is -2.60. The van der Waals surface area contributed by atoms with Crippen molar-refractivity contribution in [2.24, 2.45) is 7.05 Å². The third kappa shape index (κ3) is 2.67. The van der Waals surface area contributed by atoms with Crippen molar-refractivity contribution in [2.75, 3.05) is 25.0 Å². The zero-order chi connectivity index (χ0) is 18.4. The van der Waals surface area contributed by atoms with Crippen molar-refractivity contribution >= 4 is 17.4 Å². The van der Waals surface area contributed by atoms with Gasteiger partial charge in [-0.25, -0.2) is 18.3 Å². The first-order valence-corrected chi connectivity index (χ1v) is 8.08. The van der Waals surface area contributed by atoms with Gasteiger partial charge in [0.2, 0.25) is 0 Å². The summed E-state index contributed by atoms with van der Waals surface area (Å²) in [5, 5.41) is 8.15. The van der Waals surface area contributed by atoms with E-state index in [0.29, 0.717) is 13.1 Å². The summed E-state index contributed by atoms with van der Waals surface area (Å²) in [7, 11) is 3.14. The molecule has 1 aliphatic rings. The Balaban J connectivity index is 1.45. The molecular weight excluding hydrogens is 344 g/mol. The minimum atomic E-state index is -2.78. The first-order chi connectivity index (χ1) is 12.4. The molecule has 0 atom stereocenters. The second-order valence-electron chi connectivity index (χ2n) is 6.30. The topological polar surface area (TPSA) is 71.6 Å². The lowest BCUT2D eigenvalue weighted by Gasteiger charge is -2.44. The largest absolute Gasteiger partial charge is 0.351 e. The van der Waals surface area contributed by atoms with Crippen molar-refractivity contribution in [1.82, 2.24) is 29.3 Å². The molecule has 0 bridgehead atoms. The number of carbonyl (C=O) groups excluding carboxylic acids is 1. The number of aromatic nitrogens is 5.